The van der Waals surface area contributed by atoms with E-state index in [-0.39, 0.29) is 17.3 Å². The Balaban J connectivity index is 1.67. The van der Waals surface area contributed by atoms with Crippen molar-refractivity contribution >= 4 is 29.0 Å². The smallest absolute Gasteiger partial charge is 0.293 e. The van der Waals surface area contributed by atoms with E-state index in [1.807, 2.05) is 73.1 Å². The van der Waals surface area contributed by atoms with Gasteiger partial charge in [0.05, 0.1) is 4.92 Å². The number of carbonyl (C=O) groups is 1. The Bertz CT molecular complexity index is 1350. The van der Waals surface area contributed by atoms with Gasteiger partial charge in [-0.3, -0.25) is 14.9 Å². The van der Waals surface area contributed by atoms with Gasteiger partial charge in [-0.15, -0.1) is 10.2 Å². The minimum absolute atomic E-state index is 0.148. The molecule has 9 heteroatoms. The van der Waals surface area contributed by atoms with Crippen molar-refractivity contribution in [1.82, 2.24) is 14.8 Å². The first-order chi connectivity index (χ1) is 16.3. The average Bonchev–Trinajstić information content (AvgIpc) is 3.19. The molecule has 8 nitrogen and oxygen atoms in total. The number of nitrogens with one attached hydrogen (secondary N) is 1. The molecule has 1 aromatic heterocycles. The van der Waals surface area contributed by atoms with E-state index in [1.165, 1.54) is 17.8 Å². The predicted octanol–water partition coefficient (Wildman–Crippen LogP) is 5.48. The molecule has 0 saturated carbocycles. The molecule has 0 aliphatic heterocycles. The van der Waals surface area contributed by atoms with Gasteiger partial charge in [-0.1, -0.05) is 72.4 Å². The number of carbonyl (C=O) groups excluding carboxylic acids is 1. The Morgan fingerprint density at radius 3 is 2.44 bits per heavy atom. The van der Waals surface area contributed by atoms with Crippen LogP contribution in [0, 0.1) is 24.0 Å². The lowest BCUT2D eigenvalue weighted by atomic mass is 10.1. The summed E-state index contributed by atoms with van der Waals surface area (Å²) in [6.07, 6.45) is 0. The van der Waals surface area contributed by atoms with Gasteiger partial charge < -0.3 is 9.88 Å². The number of hydrogen-bond acceptors (Lipinski definition) is 6. The highest BCUT2D eigenvalue weighted by molar-refractivity contribution is 8.00. The maximum atomic E-state index is 13.4. The third-order valence-electron chi connectivity index (χ3n) is 5.39. The van der Waals surface area contributed by atoms with E-state index in [2.05, 4.69) is 15.5 Å². The first kappa shape index (κ1) is 23.2. The first-order valence-corrected chi connectivity index (χ1v) is 11.5. The molecule has 0 aliphatic carbocycles. The number of thioether (sulfide) groups is 1. The molecule has 0 spiro atoms. The highest BCUT2D eigenvalue weighted by Gasteiger charge is 2.27. The van der Waals surface area contributed by atoms with Crippen LogP contribution in [0.5, 0.6) is 0 Å². The fourth-order valence-corrected chi connectivity index (χ4v) is 4.58. The Morgan fingerprint density at radius 2 is 1.74 bits per heavy atom. The number of nitro benzene ring substituents is 1. The Morgan fingerprint density at radius 1 is 1.03 bits per heavy atom. The second-order valence-electron chi connectivity index (χ2n) is 7.86. The van der Waals surface area contributed by atoms with Crippen LogP contribution in [0.1, 0.15) is 21.9 Å². The number of benzene rings is 3. The van der Waals surface area contributed by atoms with Gasteiger partial charge in [0.2, 0.25) is 5.91 Å². The summed E-state index contributed by atoms with van der Waals surface area (Å²) in [6, 6.07) is 21.9. The quantitative estimate of drug-likeness (QED) is 0.217. The highest BCUT2D eigenvalue weighted by Crippen LogP contribution is 2.37. The van der Waals surface area contributed by atoms with Crippen LogP contribution >= 0.6 is 11.8 Å². The third-order valence-corrected chi connectivity index (χ3v) is 6.68. The van der Waals surface area contributed by atoms with Crippen LogP contribution in [-0.4, -0.2) is 25.6 Å². The van der Waals surface area contributed by atoms with Crippen LogP contribution in [0.3, 0.4) is 0 Å². The summed E-state index contributed by atoms with van der Waals surface area (Å²) in [7, 11) is 1.86. The summed E-state index contributed by atoms with van der Waals surface area (Å²) >= 11 is 1.24. The zero-order valence-corrected chi connectivity index (χ0v) is 19.7. The van der Waals surface area contributed by atoms with E-state index in [4.69, 9.17) is 0 Å². The van der Waals surface area contributed by atoms with E-state index in [9.17, 15) is 14.9 Å². The largest absolute Gasteiger partial charge is 0.319 e. The monoisotopic (exact) mass is 473 g/mol. The van der Waals surface area contributed by atoms with Gasteiger partial charge in [-0.05, 0) is 36.6 Å². The van der Waals surface area contributed by atoms with Crippen molar-refractivity contribution < 1.29 is 9.72 Å². The van der Waals surface area contributed by atoms with Gasteiger partial charge in [0.1, 0.15) is 10.9 Å². The second-order valence-corrected chi connectivity index (χ2v) is 8.93. The van der Waals surface area contributed by atoms with Crippen molar-refractivity contribution in [2.75, 3.05) is 5.32 Å². The first-order valence-electron chi connectivity index (χ1n) is 10.6. The highest BCUT2D eigenvalue weighted by atomic mass is 32.2. The van der Waals surface area contributed by atoms with Gasteiger partial charge in [0.15, 0.2) is 11.0 Å². The zero-order chi connectivity index (χ0) is 24.2. The maximum absolute atomic E-state index is 13.4. The molecular formula is C25H23N5O3S. The van der Waals surface area contributed by atoms with Gasteiger partial charge >= 0.3 is 0 Å². The van der Waals surface area contributed by atoms with E-state index < -0.39 is 10.2 Å². The van der Waals surface area contributed by atoms with Crippen molar-refractivity contribution in [3.05, 3.63) is 99.6 Å². The van der Waals surface area contributed by atoms with Crippen LogP contribution in [0.2, 0.25) is 0 Å². The Hall–Kier alpha value is -3.98. The van der Waals surface area contributed by atoms with Gasteiger partial charge in [0, 0.05) is 18.7 Å². The van der Waals surface area contributed by atoms with Crippen LogP contribution < -0.4 is 5.32 Å². The standard InChI is InChI=1S/C25H23N5O3S/c1-16-13-14-20(21(15-16)30(32)33)26-24(31)22(18-10-5-4-6-11-18)34-25-28-27-23(29(25)3)19-12-8-7-9-17(19)2/h4-15,22H,1-3H3,(H,26,31). The average molecular weight is 474 g/mol. The summed E-state index contributed by atoms with van der Waals surface area (Å²) in [5.74, 6) is 0.311. The lowest BCUT2D eigenvalue weighted by Gasteiger charge is -2.17. The number of nitro groups is 1. The molecule has 0 saturated heterocycles. The molecule has 3 aromatic carbocycles. The predicted molar refractivity (Wildman–Crippen MR) is 133 cm³/mol. The SMILES string of the molecule is Cc1ccc(NC(=O)C(Sc2nnc(-c3ccccc3C)n2C)c2ccccc2)c([N+](=O)[O-])c1. The molecule has 1 atom stereocenters. The number of anilines is 1. The molecule has 0 radical (unpaired) electrons. The lowest BCUT2D eigenvalue weighted by molar-refractivity contribution is -0.384. The fourth-order valence-electron chi connectivity index (χ4n) is 3.58. The molecular weight excluding hydrogens is 450 g/mol. The van der Waals surface area contributed by atoms with Gasteiger partial charge in [-0.2, -0.15) is 0 Å². The zero-order valence-electron chi connectivity index (χ0n) is 18.9. The molecule has 0 aliphatic rings. The van der Waals surface area contributed by atoms with Crippen LogP contribution in [0.15, 0.2) is 78.0 Å². The van der Waals surface area contributed by atoms with E-state index in [0.29, 0.717) is 11.0 Å². The summed E-state index contributed by atoms with van der Waals surface area (Å²) in [5, 5.41) is 22.8. The normalized spacial score (nSPS) is 11.7. The molecule has 4 aromatic rings. The van der Waals surface area contributed by atoms with Crippen molar-refractivity contribution in [1.29, 1.82) is 0 Å². The minimum atomic E-state index is -0.699. The Kier molecular flexibility index (Phi) is 6.74. The lowest BCUT2D eigenvalue weighted by Crippen LogP contribution is -2.20. The van der Waals surface area contributed by atoms with Crippen molar-refractivity contribution in [3.8, 4) is 11.4 Å². The van der Waals surface area contributed by atoms with Gasteiger partial charge in [0.25, 0.3) is 5.69 Å². The topological polar surface area (TPSA) is 103 Å². The van der Waals surface area contributed by atoms with E-state index in [1.54, 1.807) is 19.1 Å². The summed E-state index contributed by atoms with van der Waals surface area (Å²) in [4.78, 5) is 24.4. The second kappa shape index (κ2) is 9.88. The number of aryl methyl sites for hydroxylation is 2. The number of hydrogen-bond donors (Lipinski definition) is 1. The molecule has 0 bridgehead atoms. The maximum Gasteiger partial charge on any atom is 0.293 e. The molecule has 1 unspecified atom stereocenters. The molecule has 1 N–H and O–H groups in total. The number of amides is 1. The fraction of sp³-hybridized carbons (Fsp3) is 0.160. The van der Waals surface area contributed by atoms with Crippen molar-refractivity contribution in [2.45, 2.75) is 24.3 Å². The van der Waals surface area contributed by atoms with Crippen LogP contribution in [0.25, 0.3) is 11.4 Å². The summed E-state index contributed by atoms with van der Waals surface area (Å²) in [5.41, 5.74) is 3.52. The summed E-state index contributed by atoms with van der Waals surface area (Å²) in [6.45, 7) is 3.77. The number of aromatic nitrogens is 3. The number of nitrogens with zero attached hydrogens (tertiary/aromatic N) is 4. The van der Waals surface area contributed by atoms with E-state index in [0.717, 1.165) is 22.3 Å². The third kappa shape index (κ3) is 4.84. The Labute approximate surface area is 201 Å². The van der Waals surface area contributed by atoms with Crippen molar-refractivity contribution in [3.63, 3.8) is 0 Å². The molecule has 4 rings (SSSR count). The van der Waals surface area contributed by atoms with Gasteiger partial charge in [-0.25, -0.2) is 0 Å². The minimum Gasteiger partial charge on any atom is -0.319 e. The number of rotatable bonds is 7. The molecule has 1 heterocycles. The van der Waals surface area contributed by atoms with Crippen LogP contribution in [0.4, 0.5) is 11.4 Å². The molecule has 1 amide bonds. The van der Waals surface area contributed by atoms with Crippen molar-refractivity contribution in [2.24, 2.45) is 7.05 Å². The summed E-state index contributed by atoms with van der Waals surface area (Å²) < 4.78 is 1.85. The molecule has 0 fully saturated rings. The molecule has 172 valence electrons. The van der Waals surface area contributed by atoms with E-state index >= 15 is 0 Å². The molecule has 34 heavy (non-hydrogen) atoms. The van der Waals surface area contributed by atoms with Crippen LogP contribution in [-0.2, 0) is 11.8 Å².